The molecule has 0 aliphatic carbocycles. The molecule has 0 radical (unpaired) electrons. The zero-order valence-electron chi connectivity index (χ0n) is 9.71. The molecule has 18 heavy (non-hydrogen) atoms. The molecule has 0 amide bonds. The third-order valence-electron chi connectivity index (χ3n) is 2.52. The summed E-state index contributed by atoms with van der Waals surface area (Å²) in [4.78, 5) is 3.94. The smallest absolute Gasteiger partial charge is 0.192 e. The monoisotopic (exact) mass is 255 g/mol. The Morgan fingerprint density at radius 1 is 0.889 bits per heavy atom. The summed E-state index contributed by atoms with van der Waals surface area (Å²) < 4.78 is 0. The molecule has 0 saturated carbocycles. The average molecular weight is 255 g/mol. The first-order chi connectivity index (χ1) is 8.68. The molecule has 0 saturated heterocycles. The Balaban J connectivity index is 2.54. The second kappa shape index (κ2) is 5.42. The van der Waals surface area contributed by atoms with Crippen LogP contribution in [-0.4, -0.2) is 10.9 Å². The average Bonchev–Trinajstić information content (AvgIpc) is 2.39. The van der Waals surface area contributed by atoms with Gasteiger partial charge in [-0.05, 0) is 23.3 Å². The van der Waals surface area contributed by atoms with Crippen molar-refractivity contribution in [2.75, 3.05) is 0 Å². The van der Waals surface area contributed by atoms with Crippen molar-refractivity contribution in [2.24, 2.45) is 16.5 Å². The molecule has 0 atom stereocenters. The molecule has 4 heteroatoms. The highest BCUT2D eigenvalue weighted by molar-refractivity contribution is 7.80. The van der Waals surface area contributed by atoms with Crippen LogP contribution in [0.15, 0.2) is 59.6 Å². The van der Waals surface area contributed by atoms with Crippen LogP contribution in [0.5, 0.6) is 0 Å². The Labute approximate surface area is 111 Å². The first-order valence-corrected chi connectivity index (χ1v) is 5.87. The van der Waals surface area contributed by atoms with Crippen LogP contribution in [0.2, 0.25) is 0 Å². The number of amidine groups is 1. The SMILES string of the molecule is NC(=S)N=C(N)c1ccccc1-c1ccccc1. The van der Waals surface area contributed by atoms with Crippen LogP contribution >= 0.6 is 12.2 Å². The fourth-order valence-corrected chi connectivity index (χ4v) is 1.85. The molecule has 2 rings (SSSR count). The highest BCUT2D eigenvalue weighted by atomic mass is 32.1. The van der Waals surface area contributed by atoms with Gasteiger partial charge in [-0.3, -0.25) is 0 Å². The lowest BCUT2D eigenvalue weighted by Crippen LogP contribution is -2.19. The number of hydrogen-bond acceptors (Lipinski definition) is 1. The zero-order chi connectivity index (χ0) is 13.0. The summed E-state index contributed by atoms with van der Waals surface area (Å²) in [6.45, 7) is 0. The van der Waals surface area contributed by atoms with Crippen LogP contribution in [0.25, 0.3) is 11.1 Å². The van der Waals surface area contributed by atoms with Gasteiger partial charge in [0.1, 0.15) is 5.84 Å². The van der Waals surface area contributed by atoms with E-state index >= 15 is 0 Å². The quantitative estimate of drug-likeness (QED) is 0.491. The van der Waals surface area contributed by atoms with Gasteiger partial charge in [-0.15, -0.1) is 0 Å². The molecule has 0 spiro atoms. The summed E-state index contributed by atoms with van der Waals surface area (Å²) in [5.41, 5.74) is 14.2. The summed E-state index contributed by atoms with van der Waals surface area (Å²) in [6, 6.07) is 17.7. The molecule has 0 unspecified atom stereocenters. The number of benzene rings is 2. The van der Waals surface area contributed by atoms with Crippen molar-refractivity contribution in [3.05, 3.63) is 60.2 Å². The van der Waals surface area contributed by atoms with Crippen molar-refractivity contribution in [1.29, 1.82) is 0 Å². The molecule has 0 fully saturated rings. The maximum Gasteiger partial charge on any atom is 0.192 e. The van der Waals surface area contributed by atoms with Crippen LogP contribution in [0, 0.1) is 0 Å². The van der Waals surface area contributed by atoms with E-state index in [0.29, 0.717) is 5.84 Å². The Bertz CT molecular complexity index is 591. The van der Waals surface area contributed by atoms with Crippen molar-refractivity contribution in [3.8, 4) is 11.1 Å². The topological polar surface area (TPSA) is 64.4 Å². The minimum Gasteiger partial charge on any atom is -0.383 e. The van der Waals surface area contributed by atoms with Crippen LogP contribution in [-0.2, 0) is 0 Å². The maximum absolute atomic E-state index is 5.92. The van der Waals surface area contributed by atoms with Crippen LogP contribution in [0.3, 0.4) is 0 Å². The van der Waals surface area contributed by atoms with Gasteiger partial charge in [0.15, 0.2) is 5.11 Å². The third kappa shape index (κ3) is 2.73. The Morgan fingerprint density at radius 2 is 1.50 bits per heavy atom. The molecule has 0 aliphatic heterocycles. The normalized spacial score (nSPS) is 11.2. The lowest BCUT2D eigenvalue weighted by Gasteiger charge is -2.08. The number of hydrogen-bond donors (Lipinski definition) is 2. The van der Waals surface area contributed by atoms with Crippen molar-refractivity contribution < 1.29 is 0 Å². The van der Waals surface area contributed by atoms with E-state index in [2.05, 4.69) is 4.99 Å². The highest BCUT2D eigenvalue weighted by Crippen LogP contribution is 2.23. The van der Waals surface area contributed by atoms with E-state index in [1.165, 1.54) is 0 Å². The molecule has 0 bridgehead atoms. The summed E-state index contributed by atoms with van der Waals surface area (Å²) in [5, 5.41) is 0.0374. The van der Waals surface area contributed by atoms with Gasteiger partial charge < -0.3 is 11.5 Å². The van der Waals surface area contributed by atoms with E-state index in [1.807, 2.05) is 54.6 Å². The molecule has 3 nitrogen and oxygen atoms in total. The molecular weight excluding hydrogens is 242 g/mol. The van der Waals surface area contributed by atoms with Crippen molar-refractivity contribution in [1.82, 2.24) is 0 Å². The van der Waals surface area contributed by atoms with Gasteiger partial charge in [0.2, 0.25) is 0 Å². The molecule has 90 valence electrons. The molecule has 0 aromatic heterocycles. The summed E-state index contributed by atoms with van der Waals surface area (Å²) in [6.07, 6.45) is 0. The van der Waals surface area contributed by atoms with E-state index in [1.54, 1.807) is 0 Å². The van der Waals surface area contributed by atoms with E-state index in [4.69, 9.17) is 23.7 Å². The first kappa shape index (κ1) is 12.3. The van der Waals surface area contributed by atoms with E-state index < -0.39 is 0 Å². The van der Waals surface area contributed by atoms with E-state index in [-0.39, 0.29) is 5.11 Å². The summed E-state index contributed by atoms with van der Waals surface area (Å²) in [7, 11) is 0. The largest absolute Gasteiger partial charge is 0.383 e. The lowest BCUT2D eigenvalue weighted by atomic mass is 9.99. The van der Waals surface area contributed by atoms with Gasteiger partial charge in [0.05, 0.1) is 0 Å². The van der Waals surface area contributed by atoms with Crippen LogP contribution in [0.1, 0.15) is 5.56 Å². The lowest BCUT2D eigenvalue weighted by molar-refractivity contribution is 1.50. The van der Waals surface area contributed by atoms with Crippen LogP contribution < -0.4 is 11.5 Å². The van der Waals surface area contributed by atoms with Gasteiger partial charge in [0.25, 0.3) is 0 Å². The highest BCUT2D eigenvalue weighted by Gasteiger charge is 2.07. The van der Waals surface area contributed by atoms with Gasteiger partial charge in [-0.1, -0.05) is 54.6 Å². The Hall–Kier alpha value is -2.20. The fraction of sp³-hybridized carbons (Fsp3) is 0. The summed E-state index contributed by atoms with van der Waals surface area (Å²) >= 11 is 4.74. The molecule has 2 aromatic carbocycles. The number of nitrogens with zero attached hydrogens (tertiary/aromatic N) is 1. The number of thiocarbonyl (C=S) groups is 1. The predicted octanol–water partition coefficient (Wildman–Crippen LogP) is 2.30. The van der Waals surface area contributed by atoms with Crippen molar-refractivity contribution in [3.63, 3.8) is 0 Å². The number of nitrogens with two attached hydrogens (primary N) is 2. The Kier molecular flexibility index (Phi) is 3.69. The fourth-order valence-electron chi connectivity index (χ4n) is 1.75. The zero-order valence-corrected chi connectivity index (χ0v) is 10.5. The first-order valence-electron chi connectivity index (χ1n) is 5.47. The van der Waals surface area contributed by atoms with Gasteiger partial charge >= 0.3 is 0 Å². The Morgan fingerprint density at radius 3 is 2.17 bits per heavy atom. The van der Waals surface area contributed by atoms with Gasteiger partial charge in [-0.2, -0.15) is 0 Å². The standard InChI is InChI=1S/C14H13N3S/c15-13(17-14(16)18)12-9-5-4-8-11(12)10-6-2-1-3-7-10/h1-9H,(H4,15,16,17,18). The van der Waals surface area contributed by atoms with Crippen molar-refractivity contribution in [2.45, 2.75) is 0 Å². The van der Waals surface area contributed by atoms with E-state index in [9.17, 15) is 0 Å². The maximum atomic E-state index is 5.92. The van der Waals surface area contributed by atoms with Gasteiger partial charge in [0, 0.05) is 5.56 Å². The molecule has 0 aliphatic rings. The molecule has 4 N–H and O–H groups in total. The minimum absolute atomic E-state index is 0.0374. The molecule has 0 heterocycles. The molecular formula is C14H13N3S. The summed E-state index contributed by atoms with van der Waals surface area (Å²) in [5.74, 6) is 0.335. The van der Waals surface area contributed by atoms with E-state index in [0.717, 1.165) is 16.7 Å². The molecule has 2 aromatic rings. The minimum atomic E-state index is 0.0374. The third-order valence-corrected chi connectivity index (χ3v) is 2.61. The number of aliphatic imine (C=N–C) groups is 1. The second-order valence-corrected chi connectivity index (χ2v) is 4.17. The van der Waals surface area contributed by atoms with Crippen LogP contribution in [0.4, 0.5) is 0 Å². The van der Waals surface area contributed by atoms with Crippen molar-refractivity contribution >= 4 is 23.2 Å². The predicted molar refractivity (Wildman–Crippen MR) is 79.4 cm³/mol. The second-order valence-electron chi connectivity index (χ2n) is 3.75. The number of rotatable bonds is 2. The van der Waals surface area contributed by atoms with Gasteiger partial charge in [-0.25, -0.2) is 4.99 Å².